The molecule has 1 amide bonds. The topological polar surface area (TPSA) is 38.8 Å². The summed E-state index contributed by atoms with van der Waals surface area (Å²) in [6, 6.07) is 0.587. The third kappa shape index (κ3) is 3.27. The van der Waals surface area contributed by atoms with E-state index in [2.05, 4.69) is 43.1 Å². The third-order valence-corrected chi connectivity index (χ3v) is 4.60. The molecule has 0 aromatic carbocycles. The van der Waals surface area contributed by atoms with Gasteiger partial charge in [0.15, 0.2) is 0 Å². The molecule has 0 bridgehead atoms. The number of carbonyl (C=O) groups is 1. The van der Waals surface area contributed by atoms with Gasteiger partial charge in [-0.25, -0.2) is 0 Å². The highest BCUT2D eigenvalue weighted by atomic mass is 16.2. The summed E-state index contributed by atoms with van der Waals surface area (Å²) in [6.07, 6.45) is 0. The van der Waals surface area contributed by atoms with Gasteiger partial charge in [-0.15, -0.1) is 0 Å². The van der Waals surface area contributed by atoms with Crippen molar-refractivity contribution < 1.29 is 4.79 Å². The molecule has 3 atom stereocenters. The van der Waals surface area contributed by atoms with Crippen LogP contribution in [0.1, 0.15) is 13.8 Å². The normalized spacial score (nSPS) is 30.9. The molecular weight excluding hydrogens is 240 g/mol. The van der Waals surface area contributed by atoms with Crippen molar-refractivity contribution in [3.63, 3.8) is 0 Å². The second kappa shape index (κ2) is 6.20. The van der Waals surface area contributed by atoms with Gasteiger partial charge in [0.25, 0.3) is 0 Å². The quantitative estimate of drug-likeness (QED) is 0.762. The largest absolute Gasteiger partial charge is 0.339 e. The minimum Gasteiger partial charge on any atom is -0.339 e. The van der Waals surface area contributed by atoms with Gasteiger partial charge in [-0.3, -0.25) is 9.69 Å². The second-order valence-electron chi connectivity index (χ2n) is 6.21. The van der Waals surface area contributed by atoms with E-state index in [1.807, 2.05) is 4.90 Å². The SMILES string of the molecule is CC1CN(C(C)C(=O)N2CCNCC2)CC1N(C)C. The van der Waals surface area contributed by atoms with Crippen molar-refractivity contribution in [2.24, 2.45) is 5.92 Å². The molecule has 0 radical (unpaired) electrons. The number of hydrogen-bond donors (Lipinski definition) is 1. The molecule has 0 saturated carbocycles. The van der Waals surface area contributed by atoms with E-state index < -0.39 is 0 Å². The first-order valence-corrected chi connectivity index (χ1v) is 7.40. The Morgan fingerprint density at radius 1 is 1.26 bits per heavy atom. The summed E-state index contributed by atoms with van der Waals surface area (Å²) in [4.78, 5) is 19.2. The van der Waals surface area contributed by atoms with Gasteiger partial charge < -0.3 is 15.1 Å². The van der Waals surface area contributed by atoms with Crippen molar-refractivity contribution in [3.8, 4) is 0 Å². The number of amides is 1. The standard InChI is InChI=1S/C14H28N4O/c1-11-9-18(10-13(11)16(3)4)12(2)14(19)17-7-5-15-6-8-17/h11-13,15H,5-10H2,1-4H3. The Hall–Kier alpha value is -0.650. The monoisotopic (exact) mass is 268 g/mol. The van der Waals surface area contributed by atoms with Crippen molar-refractivity contribution in [1.82, 2.24) is 20.0 Å². The van der Waals surface area contributed by atoms with E-state index in [0.717, 1.165) is 39.3 Å². The van der Waals surface area contributed by atoms with Crippen LogP contribution in [-0.2, 0) is 4.79 Å². The molecule has 110 valence electrons. The zero-order valence-corrected chi connectivity index (χ0v) is 12.7. The molecule has 0 aromatic heterocycles. The summed E-state index contributed by atoms with van der Waals surface area (Å²) in [5.41, 5.74) is 0. The van der Waals surface area contributed by atoms with Crippen LogP contribution in [0, 0.1) is 5.92 Å². The van der Waals surface area contributed by atoms with E-state index in [-0.39, 0.29) is 6.04 Å². The van der Waals surface area contributed by atoms with Gasteiger partial charge in [0.2, 0.25) is 5.91 Å². The Kier molecular flexibility index (Phi) is 4.81. The lowest BCUT2D eigenvalue weighted by Crippen LogP contribution is -2.53. The summed E-state index contributed by atoms with van der Waals surface area (Å²) in [5, 5.41) is 3.29. The van der Waals surface area contributed by atoms with Crippen LogP contribution >= 0.6 is 0 Å². The lowest BCUT2D eigenvalue weighted by atomic mass is 10.1. The lowest BCUT2D eigenvalue weighted by Gasteiger charge is -2.33. The molecule has 0 aromatic rings. The fraction of sp³-hybridized carbons (Fsp3) is 0.929. The lowest BCUT2D eigenvalue weighted by molar-refractivity contribution is -0.136. The number of carbonyl (C=O) groups excluding carboxylic acids is 1. The highest BCUT2D eigenvalue weighted by molar-refractivity contribution is 5.81. The Labute approximate surface area is 116 Å². The van der Waals surface area contributed by atoms with Gasteiger partial charge in [0.1, 0.15) is 0 Å². The maximum absolute atomic E-state index is 12.5. The van der Waals surface area contributed by atoms with Crippen LogP contribution in [0.25, 0.3) is 0 Å². The predicted octanol–water partition coefficient (Wildman–Crippen LogP) is -0.311. The number of rotatable bonds is 3. The van der Waals surface area contributed by atoms with Gasteiger partial charge in [0.05, 0.1) is 6.04 Å². The van der Waals surface area contributed by atoms with Gasteiger partial charge in [-0.1, -0.05) is 6.92 Å². The molecule has 3 unspecified atom stereocenters. The second-order valence-corrected chi connectivity index (χ2v) is 6.21. The first kappa shape index (κ1) is 14.8. The summed E-state index contributed by atoms with van der Waals surface area (Å²) in [7, 11) is 4.26. The molecule has 2 rings (SSSR count). The van der Waals surface area contributed by atoms with Crippen LogP contribution in [0.2, 0.25) is 0 Å². The summed E-state index contributed by atoms with van der Waals surface area (Å²) >= 11 is 0. The molecule has 2 heterocycles. The zero-order chi connectivity index (χ0) is 14.0. The van der Waals surface area contributed by atoms with Crippen molar-refractivity contribution in [1.29, 1.82) is 0 Å². The van der Waals surface area contributed by atoms with Crippen molar-refractivity contribution in [3.05, 3.63) is 0 Å². The van der Waals surface area contributed by atoms with Gasteiger partial charge in [0, 0.05) is 45.3 Å². The maximum Gasteiger partial charge on any atom is 0.239 e. The fourth-order valence-corrected chi connectivity index (χ4v) is 3.28. The summed E-state index contributed by atoms with van der Waals surface area (Å²) in [6.45, 7) is 9.94. The van der Waals surface area contributed by atoms with E-state index in [0.29, 0.717) is 17.9 Å². The Morgan fingerprint density at radius 3 is 2.42 bits per heavy atom. The molecule has 19 heavy (non-hydrogen) atoms. The molecule has 2 aliphatic heterocycles. The first-order valence-electron chi connectivity index (χ1n) is 7.40. The smallest absolute Gasteiger partial charge is 0.239 e. The molecule has 5 nitrogen and oxygen atoms in total. The molecule has 0 aliphatic carbocycles. The minimum absolute atomic E-state index is 0.0190. The van der Waals surface area contributed by atoms with Crippen molar-refractivity contribution >= 4 is 5.91 Å². The highest BCUT2D eigenvalue weighted by Crippen LogP contribution is 2.22. The van der Waals surface area contributed by atoms with Crippen molar-refractivity contribution in [2.75, 3.05) is 53.4 Å². The van der Waals surface area contributed by atoms with E-state index in [4.69, 9.17) is 0 Å². The molecular formula is C14H28N4O. The number of nitrogens with one attached hydrogen (secondary N) is 1. The number of hydrogen-bond acceptors (Lipinski definition) is 4. The average Bonchev–Trinajstić information content (AvgIpc) is 2.80. The van der Waals surface area contributed by atoms with E-state index in [1.54, 1.807) is 0 Å². The van der Waals surface area contributed by atoms with Crippen LogP contribution < -0.4 is 5.32 Å². The van der Waals surface area contributed by atoms with Crippen LogP contribution in [0.3, 0.4) is 0 Å². The Bertz CT molecular complexity index is 315. The van der Waals surface area contributed by atoms with Gasteiger partial charge in [-0.05, 0) is 26.9 Å². The predicted molar refractivity (Wildman–Crippen MR) is 77.1 cm³/mol. The molecule has 2 aliphatic rings. The molecule has 2 fully saturated rings. The van der Waals surface area contributed by atoms with Crippen LogP contribution in [0.4, 0.5) is 0 Å². The number of nitrogens with zero attached hydrogens (tertiary/aromatic N) is 3. The van der Waals surface area contributed by atoms with E-state index in [1.165, 1.54) is 0 Å². The van der Waals surface area contributed by atoms with Gasteiger partial charge in [-0.2, -0.15) is 0 Å². The van der Waals surface area contributed by atoms with Crippen molar-refractivity contribution in [2.45, 2.75) is 25.9 Å². The van der Waals surface area contributed by atoms with Crippen LogP contribution in [0.15, 0.2) is 0 Å². The minimum atomic E-state index is 0.0190. The first-order chi connectivity index (χ1) is 9.00. The Morgan fingerprint density at radius 2 is 1.89 bits per heavy atom. The zero-order valence-electron chi connectivity index (χ0n) is 12.7. The third-order valence-electron chi connectivity index (χ3n) is 4.60. The number of likely N-dealkylation sites (N-methyl/N-ethyl adjacent to an activating group) is 1. The molecule has 5 heteroatoms. The number of piperazine rings is 1. The summed E-state index contributed by atoms with van der Waals surface area (Å²) in [5.74, 6) is 0.932. The van der Waals surface area contributed by atoms with E-state index >= 15 is 0 Å². The maximum atomic E-state index is 12.5. The molecule has 2 saturated heterocycles. The molecule has 0 spiro atoms. The average molecular weight is 268 g/mol. The molecule has 1 N–H and O–H groups in total. The number of likely N-dealkylation sites (tertiary alicyclic amines) is 1. The highest BCUT2D eigenvalue weighted by Gasteiger charge is 2.36. The van der Waals surface area contributed by atoms with E-state index in [9.17, 15) is 4.79 Å². The fourth-order valence-electron chi connectivity index (χ4n) is 3.28. The Balaban J connectivity index is 1.92. The van der Waals surface area contributed by atoms with Crippen LogP contribution in [0.5, 0.6) is 0 Å². The van der Waals surface area contributed by atoms with Gasteiger partial charge >= 0.3 is 0 Å². The van der Waals surface area contributed by atoms with Crippen LogP contribution in [-0.4, -0.2) is 86.1 Å². The summed E-state index contributed by atoms with van der Waals surface area (Å²) < 4.78 is 0.